The fraction of sp³-hybridized carbons (Fsp3) is 0.375. The minimum atomic E-state index is 0.144. The summed E-state index contributed by atoms with van der Waals surface area (Å²) in [6.45, 7) is 5.47. The molecule has 10 heavy (non-hydrogen) atoms. The third kappa shape index (κ3) is 1.33. The molecule has 1 rings (SSSR count). The van der Waals surface area contributed by atoms with E-state index >= 15 is 0 Å². The topological polar surface area (TPSA) is 38.4 Å². The number of aliphatic imine (C=N–C) groups is 1. The van der Waals surface area contributed by atoms with Gasteiger partial charge < -0.3 is 5.73 Å². The highest BCUT2D eigenvalue weighted by molar-refractivity contribution is 5.34. The average molecular weight is 136 g/mol. The first-order valence-electron chi connectivity index (χ1n) is 3.33. The highest BCUT2D eigenvalue weighted by Crippen LogP contribution is 2.16. The van der Waals surface area contributed by atoms with Gasteiger partial charge in [-0.05, 0) is 19.7 Å². The van der Waals surface area contributed by atoms with Crippen LogP contribution < -0.4 is 5.73 Å². The molecule has 1 atom stereocenters. The largest absolute Gasteiger partial charge is 0.324 e. The van der Waals surface area contributed by atoms with Gasteiger partial charge in [0, 0.05) is 18.2 Å². The lowest BCUT2D eigenvalue weighted by Gasteiger charge is -2.15. The van der Waals surface area contributed by atoms with Crippen molar-refractivity contribution in [1.29, 1.82) is 0 Å². The zero-order valence-corrected chi connectivity index (χ0v) is 6.17. The Kier molecular flexibility index (Phi) is 2.02. The van der Waals surface area contributed by atoms with Crippen molar-refractivity contribution in [2.24, 2.45) is 10.7 Å². The van der Waals surface area contributed by atoms with Crippen molar-refractivity contribution in [1.82, 2.24) is 0 Å². The third-order valence-electron chi connectivity index (χ3n) is 1.76. The SMILES string of the molecule is C=NC1=CC=C(C)C(N)C1. The Hall–Kier alpha value is -0.890. The number of allylic oxidation sites excluding steroid dienone is 2. The third-order valence-corrected chi connectivity index (χ3v) is 1.76. The Morgan fingerprint density at radius 3 is 2.90 bits per heavy atom. The summed E-state index contributed by atoms with van der Waals surface area (Å²) in [4.78, 5) is 3.82. The maximum absolute atomic E-state index is 5.75. The van der Waals surface area contributed by atoms with Crippen molar-refractivity contribution < 1.29 is 0 Å². The Morgan fingerprint density at radius 1 is 1.70 bits per heavy atom. The summed E-state index contributed by atoms with van der Waals surface area (Å²) >= 11 is 0. The van der Waals surface area contributed by atoms with Crippen molar-refractivity contribution in [2.45, 2.75) is 19.4 Å². The minimum Gasteiger partial charge on any atom is -0.324 e. The zero-order valence-electron chi connectivity index (χ0n) is 6.17. The summed E-state index contributed by atoms with van der Waals surface area (Å²) in [6.07, 6.45) is 4.79. The van der Waals surface area contributed by atoms with Crippen LogP contribution in [0.2, 0.25) is 0 Å². The molecule has 0 saturated carbocycles. The first-order valence-corrected chi connectivity index (χ1v) is 3.33. The second-order valence-electron chi connectivity index (χ2n) is 2.54. The van der Waals surface area contributed by atoms with Crippen LogP contribution in [0, 0.1) is 0 Å². The summed E-state index contributed by atoms with van der Waals surface area (Å²) in [7, 11) is 0. The molecule has 1 aliphatic rings. The Morgan fingerprint density at radius 2 is 2.40 bits per heavy atom. The molecule has 1 aliphatic carbocycles. The van der Waals surface area contributed by atoms with Gasteiger partial charge in [0.05, 0.1) is 0 Å². The normalized spacial score (nSPS) is 25.2. The summed E-state index contributed by atoms with van der Waals surface area (Å²) < 4.78 is 0. The number of hydrogen-bond donors (Lipinski definition) is 1. The quantitative estimate of drug-likeness (QED) is 0.541. The second-order valence-corrected chi connectivity index (χ2v) is 2.54. The maximum Gasteiger partial charge on any atom is 0.0415 e. The molecule has 0 spiro atoms. The van der Waals surface area contributed by atoms with Crippen molar-refractivity contribution in [3.05, 3.63) is 23.4 Å². The van der Waals surface area contributed by atoms with Crippen LogP contribution in [0.4, 0.5) is 0 Å². The smallest absolute Gasteiger partial charge is 0.0415 e. The van der Waals surface area contributed by atoms with Gasteiger partial charge in [-0.15, -0.1) is 0 Å². The highest BCUT2D eigenvalue weighted by atomic mass is 14.7. The molecule has 2 N–H and O–H groups in total. The predicted octanol–water partition coefficient (Wildman–Crippen LogP) is 1.25. The van der Waals surface area contributed by atoms with Crippen molar-refractivity contribution in [2.75, 3.05) is 0 Å². The lowest BCUT2D eigenvalue weighted by atomic mass is 9.99. The molecule has 0 aliphatic heterocycles. The molecule has 0 bridgehead atoms. The van der Waals surface area contributed by atoms with Crippen molar-refractivity contribution in [3.63, 3.8) is 0 Å². The van der Waals surface area contributed by atoms with Gasteiger partial charge in [-0.1, -0.05) is 11.6 Å². The molecule has 0 aromatic carbocycles. The lowest BCUT2D eigenvalue weighted by Crippen LogP contribution is -2.23. The summed E-state index contributed by atoms with van der Waals surface area (Å²) in [6, 6.07) is 0.144. The summed E-state index contributed by atoms with van der Waals surface area (Å²) in [5.74, 6) is 0. The van der Waals surface area contributed by atoms with Gasteiger partial charge in [-0.3, -0.25) is 4.99 Å². The molecule has 0 aromatic rings. The van der Waals surface area contributed by atoms with Crippen LogP contribution in [0.3, 0.4) is 0 Å². The number of hydrogen-bond acceptors (Lipinski definition) is 2. The Bertz CT molecular complexity index is 201. The molecule has 54 valence electrons. The first kappa shape index (κ1) is 7.22. The van der Waals surface area contributed by atoms with Gasteiger partial charge in [-0.25, -0.2) is 0 Å². The van der Waals surface area contributed by atoms with Crippen LogP contribution in [0.15, 0.2) is 28.4 Å². The van der Waals surface area contributed by atoms with Gasteiger partial charge in [-0.2, -0.15) is 0 Å². The van der Waals surface area contributed by atoms with Crippen LogP contribution >= 0.6 is 0 Å². The van der Waals surface area contributed by atoms with E-state index in [2.05, 4.69) is 11.7 Å². The van der Waals surface area contributed by atoms with Crippen molar-refractivity contribution >= 4 is 6.72 Å². The monoisotopic (exact) mass is 136 g/mol. The van der Waals surface area contributed by atoms with Gasteiger partial charge in [0.15, 0.2) is 0 Å². The van der Waals surface area contributed by atoms with Gasteiger partial charge in [0.25, 0.3) is 0 Å². The number of rotatable bonds is 1. The molecule has 2 nitrogen and oxygen atoms in total. The fourth-order valence-corrected chi connectivity index (χ4v) is 0.923. The zero-order chi connectivity index (χ0) is 7.56. The van der Waals surface area contributed by atoms with E-state index in [1.54, 1.807) is 0 Å². The van der Waals surface area contributed by atoms with E-state index in [-0.39, 0.29) is 6.04 Å². The Balaban J connectivity index is 2.78. The van der Waals surface area contributed by atoms with E-state index in [1.807, 2.05) is 19.1 Å². The molecule has 0 radical (unpaired) electrons. The standard InChI is InChI=1S/C8H12N2/c1-6-3-4-7(10-2)5-8(6)9/h3-4,8H,2,5,9H2,1H3. The van der Waals surface area contributed by atoms with Crippen LogP contribution in [0.25, 0.3) is 0 Å². The van der Waals surface area contributed by atoms with Gasteiger partial charge >= 0.3 is 0 Å². The van der Waals surface area contributed by atoms with Crippen LogP contribution in [-0.4, -0.2) is 12.8 Å². The van der Waals surface area contributed by atoms with E-state index in [0.29, 0.717) is 0 Å². The molecule has 0 amide bonds. The number of nitrogens with two attached hydrogens (primary N) is 1. The van der Waals surface area contributed by atoms with Crippen LogP contribution in [-0.2, 0) is 0 Å². The molecule has 0 fully saturated rings. The number of nitrogens with zero attached hydrogens (tertiary/aromatic N) is 1. The van der Waals surface area contributed by atoms with Crippen LogP contribution in [0.5, 0.6) is 0 Å². The predicted molar refractivity (Wildman–Crippen MR) is 44.0 cm³/mol. The van der Waals surface area contributed by atoms with E-state index in [0.717, 1.165) is 12.1 Å². The maximum atomic E-state index is 5.75. The molecule has 1 unspecified atom stereocenters. The lowest BCUT2D eigenvalue weighted by molar-refractivity contribution is 0.740. The highest BCUT2D eigenvalue weighted by Gasteiger charge is 2.09. The minimum absolute atomic E-state index is 0.144. The van der Waals surface area contributed by atoms with Gasteiger partial charge in [0.2, 0.25) is 0 Å². The van der Waals surface area contributed by atoms with E-state index in [1.165, 1.54) is 5.57 Å². The Labute approximate surface area is 61.1 Å². The van der Waals surface area contributed by atoms with E-state index in [9.17, 15) is 0 Å². The molecule has 0 saturated heterocycles. The summed E-state index contributed by atoms with van der Waals surface area (Å²) in [5, 5.41) is 0. The van der Waals surface area contributed by atoms with Crippen molar-refractivity contribution in [3.8, 4) is 0 Å². The first-order chi connectivity index (χ1) is 4.74. The molecule has 0 aromatic heterocycles. The molecule has 2 heteroatoms. The molecular formula is C8H12N2. The van der Waals surface area contributed by atoms with E-state index in [4.69, 9.17) is 5.73 Å². The molecular weight excluding hydrogens is 124 g/mol. The summed E-state index contributed by atoms with van der Waals surface area (Å²) in [5.41, 5.74) is 7.95. The van der Waals surface area contributed by atoms with E-state index < -0.39 is 0 Å². The average Bonchev–Trinajstić information content (AvgIpc) is 1.95. The van der Waals surface area contributed by atoms with Crippen LogP contribution in [0.1, 0.15) is 13.3 Å². The van der Waals surface area contributed by atoms with Gasteiger partial charge in [0.1, 0.15) is 0 Å². The fourth-order valence-electron chi connectivity index (χ4n) is 0.923. The second kappa shape index (κ2) is 2.80. The molecule has 0 heterocycles.